The van der Waals surface area contributed by atoms with Crippen LogP contribution in [0.15, 0.2) is 23.1 Å². The number of aliphatic hydroxyl groups is 1. The van der Waals surface area contributed by atoms with E-state index in [1.807, 2.05) is 0 Å². The molecule has 0 saturated heterocycles. The molecule has 1 amide bonds. The highest BCUT2D eigenvalue weighted by Gasteiger charge is 2.69. The van der Waals surface area contributed by atoms with Crippen LogP contribution in [0, 0.1) is 0 Å². The van der Waals surface area contributed by atoms with Crippen LogP contribution < -0.4 is 5.32 Å². The fourth-order valence-electron chi connectivity index (χ4n) is 1.73. The van der Waals surface area contributed by atoms with Gasteiger partial charge >= 0.3 is 12.4 Å². The van der Waals surface area contributed by atoms with E-state index in [0.717, 1.165) is 6.07 Å². The van der Waals surface area contributed by atoms with Crippen LogP contribution in [0.2, 0.25) is 0 Å². The first-order valence-corrected chi connectivity index (χ1v) is 7.89. The second kappa shape index (κ2) is 6.92. The van der Waals surface area contributed by atoms with Gasteiger partial charge in [-0.25, -0.2) is 0 Å². The smallest absolute Gasteiger partial charge is 0.426 e. The topological polar surface area (TPSA) is 124 Å². The Hall–Kier alpha value is -2.06. The molecule has 0 heterocycles. The minimum atomic E-state index is -6.10. The Morgan fingerprint density at radius 3 is 2.00 bits per heavy atom. The average Bonchev–Trinajstić information content (AvgIpc) is 2.43. The van der Waals surface area contributed by atoms with Gasteiger partial charge in [0, 0.05) is 12.8 Å². The van der Waals surface area contributed by atoms with E-state index in [1.54, 1.807) is 5.32 Å². The van der Waals surface area contributed by atoms with E-state index in [0.29, 0.717) is 12.1 Å². The summed E-state index contributed by atoms with van der Waals surface area (Å²) in [6.07, 6.45) is -15.7. The van der Waals surface area contributed by atoms with E-state index in [4.69, 9.17) is 9.66 Å². The van der Waals surface area contributed by atoms with Crippen LogP contribution in [0.4, 0.5) is 32.0 Å². The van der Waals surface area contributed by atoms with E-state index in [1.165, 1.54) is 0 Å². The molecule has 0 bridgehead atoms. The molecule has 0 fully saturated rings. The molecule has 7 nitrogen and oxygen atoms in total. The summed E-state index contributed by atoms with van der Waals surface area (Å²) in [4.78, 5) is 10.7. The van der Waals surface area contributed by atoms with Crippen molar-refractivity contribution in [1.29, 1.82) is 0 Å². The molecule has 4 N–H and O–H groups in total. The Morgan fingerprint density at radius 1 is 1.08 bits per heavy atom. The third-order valence-electron chi connectivity index (χ3n) is 3.19. The van der Waals surface area contributed by atoms with Crippen LogP contribution >= 0.6 is 0 Å². The standard InChI is InChI=1S/C12H11F6NO6S/c13-11(14,15)10(22,12(16,17)18)4-3-9(21)19-7-5-6(26(23,24)25)1-2-8(7)20/h1-2,5,20,22H,3-4H2,(H,19,21)(H,23,24,25). The van der Waals surface area contributed by atoms with Crippen LogP contribution in [0.1, 0.15) is 12.8 Å². The summed E-state index contributed by atoms with van der Waals surface area (Å²) in [5.74, 6) is -2.26. The molecule has 0 atom stereocenters. The molecule has 0 aromatic heterocycles. The maximum Gasteiger partial charge on any atom is 0.426 e. The molecular formula is C12H11F6NO6S. The fraction of sp³-hybridized carbons (Fsp3) is 0.417. The number of hydrogen-bond acceptors (Lipinski definition) is 5. The van der Waals surface area contributed by atoms with Crippen LogP contribution in [-0.2, 0) is 14.9 Å². The molecule has 1 rings (SSSR count). The molecule has 26 heavy (non-hydrogen) atoms. The maximum atomic E-state index is 12.5. The van der Waals surface area contributed by atoms with Crippen molar-refractivity contribution in [3.8, 4) is 5.75 Å². The van der Waals surface area contributed by atoms with E-state index < -0.39 is 63.2 Å². The van der Waals surface area contributed by atoms with Crippen molar-refractivity contribution in [1.82, 2.24) is 0 Å². The summed E-state index contributed by atoms with van der Waals surface area (Å²) in [5.41, 5.74) is -5.82. The van der Waals surface area contributed by atoms with Crippen molar-refractivity contribution in [3.05, 3.63) is 18.2 Å². The van der Waals surface area contributed by atoms with Crippen molar-refractivity contribution in [2.75, 3.05) is 5.32 Å². The van der Waals surface area contributed by atoms with Crippen molar-refractivity contribution in [2.24, 2.45) is 0 Å². The van der Waals surface area contributed by atoms with Gasteiger partial charge in [0.05, 0.1) is 10.6 Å². The second-order valence-electron chi connectivity index (χ2n) is 5.06. The Kier molecular flexibility index (Phi) is 5.85. The third-order valence-corrected chi connectivity index (χ3v) is 4.04. The predicted octanol–water partition coefficient (Wildman–Crippen LogP) is 2.21. The van der Waals surface area contributed by atoms with Gasteiger partial charge in [0.1, 0.15) is 5.75 Å². The van der Waals surface area contributed by atoms with Gasteiger partial charge in [0.25, 0.3) is 15.7 Å². The zero-order valence-corrected chi connectivity index (χ0v) is 13.2. The number of phenols is 1. The average molecular weight is 411 g/mol. The van der Waals surface area contributed by atoms with Gasteiger partial charge in [0.2, 0.25) is 5.91 Å². The summed E-state index contributed by atoms with van der Waals surface area (Å²) in [6.45, 7) is 0. The lowest BCUT2D eigenvalue weighted by atomic mass is 9.96. The van der Waals surface area contributed by atoms with Gasteiger partial charge in [-0.3, -0.25) is 9.35 Å². The lowest BCUT2D eigenvalue weighted by Crippen LogP contribution is -2.57. The third kappa shape index (κ3) is 4.76. The molecule has 0 radical (unpaired) electrons. The Bertz CT molecular complexity index is 774. The van der Waals surface area contributed by atoms with Gasteiger partial charge in [-0.1, -0.05) is 0 Å². The number of halogens is 6. The molecule has 148 valence electrons. The van der Waals surface area contributed by atoms with Gasteiger partial charge in [-0.05, 0) is 18.2 Å². The molecule has 0 spiro atoms. The number of carbonyl (C=O) groups is 1. The van der Waals surface area contributed by atoms with Gasteiger partial charge in [0.15, 0.2) is 0 Å². The number of phenolic OH excluding ortho intramolecular Hbond substituents is 1. The zero-order valence-electron chi connectivity index (χ0n) is 12.4. The van der Waals surface area contributed by atoms with Crippen LogP contribution in [-0.4, -0.2) is 47.0 Å². The SMILES string of the molecule is O=C(CCC(O)(C(F)(F)F)C(F)(F)F)Nc1cc(S(=O)(=O)O)ccc1O. The minimum absolute atomic E-state index is 0.530. The van der Waals surface area contributed by atoms with Crippen LogP contribution in [0.25, 0.3) is 0 Å². The van der Waals surface area contributed by atoms with E-state index in [2.05, 4.69) is 0 Å². The van der Waals surface area contributed by atoms with E-state index in [9.17, 15) is 44.7 Å². The minimum Gasteiger partial charge on any atom is -0.506 e. The number of hydrogen-bond donors (Lipinski definition) is 4. The predicted molar refractivity (Wildman–Crippen MR) is 72.8 cm³/mol. The zero-order chi connectivity index (χ0) is 20.6. The molecule has 14 heteroatoms. The lowest BCUT2D eigenvalue weighted by molar-refractivity contribution is -0.369. The first-order valence-electron chi connectivity index (χ1n) is 6.45. The molecule has 0 aliphatic carbocycles. The monoisotopic (exact) mass is 411 g/mol. The van der Waals surface area contributed by atoms with Gasteiger partial charge < -0.3 is 15.5 Å². The quantitative estimate of drug-likeness (QED) is 0.335. The normalized spacial score (nSPS) is 13.5. The molecular weight excluding hydrogens is 400 g/mol. The molecule has 1 aromatic carbocycles. The lowest BCUT2D eigenvalue weighted by Gasteiger charge is -2.32. The van der Waals surface area contributed by atoms with Crippen LogP contribution in [0.3, 0.4) is 0 Å². The second-order valence-corrected chi connectivity index (χ2v) is 6.48. The molecule has 1 aromatic rings. The molecule has 0 aliphatic heterocycles. The Balaban J connectivity index is 2.97. The highest BCUT2D eigenvalue weighted by Crippen LogP contribution is 2.45. The highest BCUT2D eigenvalue weighted by molar-refractivity contribution is 7.85. The number of rotatable bonds is 5. The number of anilines is 1. The molecule has 0 unspecified atom stereocenters. The number of benzene rings is 1. The molecule has 0 saturated carbocycles. The number of nitrogens with one attached hydrogen (secondary N) is 1. The van der Waals surface area contributed by atoms with Crippen molar-refractivity contribution < 1.29 is 54.3 Å². The first kappa shape index (κ1) is 22.0. The van der Waals surface area contributed by atoms with Crippen LogP contribution in [0.5, 0.6) is 5.75 Å². The Morgan fingerprint density at radius 2 is 1.58 bits per heavy atom. The molecule has 0 aliphatic rings. The van der Waals surface area contributed by atoms with Crippen molar-refractivity contribution in [3.63, 3.8) is 0 Å². The highest BCUT2D eigenvalue weighted by atomic mass is 32.2. The van der Waals surface area contributed by atoms with Crippen molar-refractivity contribution >= 4 is 21.7 Å². The first-order chi connectivity index (χ1) is 11.5. The maximum absolute atomic E-state index is 12.5. The summed E-state index contributed by atoms with van der Waals surface area (Å²) in [5, 5.41) is 20.0. The number of amides is 1. The fourth-order valence-corrected chi connectivity index (χ4v) is 2.23. The number of alkyl halides is 6. The number of aromatic hydroxyl groups is 1. The van der Waals surface area contributed by atoms with E-state index in [-0.39, 0.29) is 0 Å². The summed E-state index contributed by atoms with van der Waals surface area (Å²) in [7, 11) is -4.75. The summed E-state index contributed by atoms with van der Waals surface area (Å²) >= 11 is 0. The largest absolute Gasteiger partial charge is 0.506 e. The van der Waals surface area contributed by atoms with Gasteiger partial charge in [-0.15, -0.1) is 0 Å². The summed E-state index contributed by atoms with van der Waals surface area (Å²) < 4.78 is 106. The van der Waals surface area contributed by atoms with Gasteiger partial charge in [-0.2, -0.15) is 34.8 Å². The van der Waals surface area contributed by atoms with Crippen molar-refractivity contribution in [2.45, 2.75) is 35.7 Å². The van der Waals surface area contributed by atoms with E-state index >= 15 is 0 Å². The number of carbonyl (C=O) groups excluding carboxylic acids is 1. The Labute approximate surface area is 142 Å². The summed E-state index contributed by atoms with van der Waals surface area (Å²) in [6, 6.07) is 1.97.